The molecule has 0 aromatic carbocycles. The largest absolute Gasteiger partial charge is 0.326 e. The molecular weight excluding hydrogens is 224 g/mol. The van der Waals surface area contributed by atoms with Gasteiger partial charge in [0.15, 0.2) is 0 Å². The number of piperidine rings is 1. The van der Waals surface area contributed by atoms with Gasteiger partial charge in [0.05, 0.1) is 12.2 Å². The van der Waals surface area contributed by atoms with Gasteiger partial charge in [-0.3, -0.25) is 9.58 Å². The fourth-order valence-corrected chi connectivity index (χ4v) is 3.80. The van der Waals surface area contributed by atoms with E-state index in [1.54, 1.807) is 0 Å². The zero-order chi connectivity index (χ0) is 12.7. The number of aryl methyl sites for hydroxylation is 1. The van der Waals surface area contributed by atoms with Crippen LogP contribution in [-0.4, -0.2) is 33.3 Å². The molecule has 0 amide bonds. The molecule has 4 unspecified atom stereocenters. The molecule has 18 heavy (non-hydrogen) atoms. The third-order valence-corrected chi connectivity index (χ3v) is 4.75. The maximum Gasteiger partial charge on any atom is 0.0538 e. The van der Waals surface area contributed by atoms with Crippen LogP contribution in [0.15, 0.2) is 12.4 Å². The molecule has 0 radical (unpaired) electrons. The van der Waals surface area contributed by atoms with Crippen molar-refractivity contribution in [3.05, 3.63) is 18.0 Å². The molecule has 1 saturated heterocycles. The van der Waals surface area contributed by atoms with Gasteiger partial charge >= 0.3 is 0 Å². The molecule has 3 rings (SSSR count). The minimum absolute atomic E-state index is 0.216. The van der Waals surface area contributed by atoms with Crippen LogP contribution in [0.1, 0.15) is 44.2 Å². The highest BCUT2D eigenvalue weighted by Crippen LogP contribution is 2.43. The Bertz CT molecular complexity index is 414. The van der Waals surface area contributed by atoms with Crippen molar-refractivity contribution in [2.45, 2.75) is 50.7 Å². The Balaban J connectivity index is 1.86. The van der Waals surface area contributed by atoms with Crippen LogP contribution in [0.4, 0.5) is 0 Å². The van der Waals surface area contributed by atoms with Crippen molar-refractivity contribution in [3.8, 4) is 0 Å². The van der Waals surface area contributed by atoms with E-state index >= 15 is 0 Å². The van der Waals surface area contributed by atoms with E-state index < -0.39 is 0 Å². The maximum atomic E-state index is 6.39. The van der Waals surface area contributed by atoms with Crippen molar-refractivity contribution in [1.82, 2.24) is 14.7 Å². The second kappa shape index (κ2) is 4.67. The molecular formula is C14H24N4. The molecule has 2 heterocycles. The monoisotopic (exact) mass is 248 g/mol. The summed E-state index contributed by atoms with van der Waals surface area (Å²) < 4.78 is 1.89. The first-order valence-corrected chi connectivity index (χ1v) is 7.19. The lowest BCUT2D eigenvalue weighted by atomic mass is 9.96. The first-order valence-electron chi connectivity index (χ1n) is 7.19. The van der Waals surface area contributed by atoms with Gasteiger partial charge in [-0.1, -0.05) is 6.92 Å². The Hall–Kier alpha value is -0.870. The van der Waals surface area contributed by atoms with E-state index in [0.29, 0.717) is 6.04 Å². The summed E-state index contributed by atoms with van der Waals surface area (Å²) in [6.07, 6.45) is 9.30. The zero-order valence-corrected chi connectivity index (χ0v) is 11.4. The van der Waals surface area contributed by atoms with Gasteiger partial charge in [0.2, 0.25) is 0 Å². The Labute approximate surface area is 109 Å². The molecule has 1 aliphatic heterocycles. The predicted molar refractivity (Wildman–Crippen MR) is 72.1 cm³/mol. The number of hydrogen-bond acceptors (Lipinski definition) is 3. The van der Waals surface area contributed by atoms with Crippen molar-refractivity contribution in [3.63, 3.8) is 0 Å². The summed E-state index contributed by atoms with van der Waals surface area (Å²) in [6.45, 7) is 3.42. The van der Waals surface area contributed by atoms with Crippen molar-refractivity contribution in [2.24, 2.45) is 18.7 Å². The van der Waals surface area contributed by atoms with Gasteiger partial charge in [-0.2, -0.15) is 5.10 Å². The summed E-state index contributed by atoms with van der Waals surface area (Å²) in [7, 11) is 1.98. The molecule has 2 aliphatic rings. The van der Waals surface area contributed by atoms with Crippen molar-refractivity contribution in [1.29, 1.82) is 0 Å². The van der Waals surface area contributed by atoms with E-state index in [2.05, 4.69) is 23.1 Å². The maximum absolute atomic E-state index is 6.39. The summed E-state index contributed by atoms with van der Waals surface area (Å²) in [5, 5.41) is 4.32. The highest BCUT2D eigenvalue weighted by Gasteiger charge is 2.43. The van der Waals surface area contributed by atoms with E-state index in [0.717, 1.165) is 18.4 Å². The van der Waals surface area contributed by atoms with E-state index in [9.17, 15) is 0 Å². The molecule has 2 N–H and O–H groups in total. The normalized spacial score (nSPS) is 30.8. The van der Waals surface area contributed by atoms with Gasteiger partial charge in [0, 0.05) is 37.4 Å². The molecule has 4 heteroatoms. The Kier molecular flexibility index (Phi) is 3.16. The molecule has 2 fully saturated rings. The molecule has 1 aromatic heterocycles. The van der Waals surface area contributed by atoms with Crippen LogP contribution in [0, 0.1) is 5.92 Å². The number of nitrogens with two attached hydrogens (primary N) is 1. The first kappa shape index (κ1) is 12.2. The number of rotatable bonds is 4. The fourth-order valence-electron chi connectivity index (χ4n) is 3.80. The highest BCUT2D eigenvalue weighted by atomic mass is 15.3. The van der Waals surface area contributed by atoms with Crippen LogP contribution in [0.3, 0.4) is 0 Å². The Morgan fingerprint density at radius 1 is 1.50 bits per heavy atom. The second-order valence-corrected chi connectivity index (χ2v) is 5.99. The lowest BCUT2D eigenvalue weighted by molar-refractivity contribution is 0.127. The third kappa shape index (κ3) is 1.97. The van der Waals surface area contributed by atoms with Crippen LogP contribution in [0.25, 0.3) is 0 Å². The van der Waals surface area contributed by atoms with Crippen LogP contribution in [0.2, 0.25) is 0 Å². The first-order chi connectivity index (χ1) is 8.69. The molecule has 4 nitrogen and oxygen atoms in total. The lowest BCUT2D eigenvalue weighted by Gasteiger charge is -2.37. The van der Waals surface area contributed by atoms with Gasteiger partial charge in [-0.05, 0) is 31.6 Å². The average molecular weight is 248 g/mol. The number of hydrogen-bond donors (Lipinski definition) is 1. The molecule has 0 spiro atoms. The summed E-state index contributed by atoms with van der Waals surface area (Å²) >= 11 is 0. The van der Waals surface area contributed by atoms with E-state index in [1.807, 2.05) is 17.9 Å². The lowest BCUT2D eigenvalue weighted by Crippen LogP contribution is -2.44. The van der Waals surface area contributed by atoms with Gasteiger partial charge in [0.1, 0.15) is 0 Å². The van der Waals surface area contributed by atoms with Gasteiger partial charge in [0.25, 0.3) is 0 Å². The van der Waals surface area contributed by atoms with Gasteiger partial charge < -0.3 is 5.73 Å². The van der Waals surface area contributed by atoms with E-state index in [4.69, 9.17) is 5.73 Å². The minimum Gasteiger partial charge on any atom is -0.326 e. The summed E-state index contributed by atoms with van der Waals surface area (Å²) in [5.74, 6) is 0.915. The van der Waals surface area contributed by atoms with Crippen LogP contribution in [-0.2, 0) is 7.05 Å². The van der Waals surface area contributed by atoms with E-state index in [-0.39, 0.29) is 6.04 Å². The van der Waals surface area contributed by atoms with Crippen LogP contribution >= 0.6 is 0 Å². The standard InChI is InChI=1S/C14H24N4/c1-3-13(15)14(11-7-16-17(2)9-11)18-8-10-4-5-12(18)6-10/h7,9-10,12-14H,3-6,8,15H2,1-2H3. The molecule has 1 aliphatic carbocycles. The predicted octanol–water partition coefficient (Wildman–Crippen LogP) is 1.68. The van der Waals surface area contributed by atoms with Crippen LogP contribution in [0.5, 0.6) is 0 Å². The fraction of sp³-hybridized carbons (Fsp3) is 0.786. The Morgan fingerprint density at radius 3 is 2.83 bits per heavy atom. The van der Waals surface area contributed by atoms with Crippen LogP contribution < -0.4 is 5.73 Å². The molecule has 100 valence electrons. The molecule has 4 atom stereocenters. The van der Waals surface area contributed by atoms with Gasteiger partial charge in [-0.25, -0.2) is 0 Å². The number of likely N-dealkylation sites (tertiary alicyclic amines) is 1. The van der Waals surface area contributed by atoms with Crippen molar-refractivity contribution < 1.29 is 0 Å². The molecule has 2 bridgehead atoms. The number of fused-ring (bicyclic) bond motifs is 2. The second-order valence-electron chi connectivity index (χ2n) is 5.99. The number of nitrogens with zero attached hydrogens (tertiary/aromatic N) is 3. The molecule has 1 saturated carbocycles. The molecule has 1 aromatic rings. The summed E-state index contributed by atoms with van der Waals surface area (Å²) in [6, 6.07) is 1.34. The van der Waals surface area contributed by atoms with Crippen molar-refractivity contribution in [2.75, 3.05) is 6.54 Å². The summed E-state index contributed by atoms with van der Waals surface area (Å²) in [5.41, 5.74) is 7.68. The zero-order valence-electron chi connectivity index (χ0n) is 11.4. The third-order valence-electron chi connectivity index (χ3n) is 4.75. The van der Waals surface area contributed by atoms with E-state index in [1.165, 1.54) is 31.4 Å². The highest BCUT2D eigenvalue weighted by molar-refractivity contribution is 5.15. The summed E-state index contributed by atoms with van der Waals surface area (Å²) in [4.78, 5) is 2.65. The SMILES string of the molecule is CCC(N)C(c1cnn(C)c1)N1CC2CCC1C2. The van der Waals surface area contributed by atoms with Crippen molar-refractivity contribution >= 4 is 0 Å². The minimum atomic E-state index is 0.216. The van der Waals surface area contributed by atoms with Gasteiger partial charge in [-0.15, -0.1) is 0 Å². The Morgan fingerprint density at radius 2 is 2.33 bits per heavy atom. The topological polar surface area (TPSA) is 47.1 Å². The number of aromatic nitrogens is 2. The average Bonchev–Trinajstić information content (AvgIpc) is 3.06. The quantitative estimate of drug-likeness (QED) is 0.882. The smallest absolute Gasteiger partial charge is 0.0538 e.